The maximum absolute atomic E-state index is 13.8. The van der Waals surface area contributed by atoms with Crippen LogP contribution in [0, 0.1) is 29.1 Å². The summed E-state index contributed by atoms with van der Waals surface area (Å²) in [7, 11) is -3.05. The van der Waals surface area contributed by atoms with Crippen LogP contribution in [0.25, 0.3) is 0 Å². The van der Waals surface area contributed by atoms with Gasteiger partial charge in [0.25, 0.3) is 0 Å². The van der Waals surface area contributed by atoms with Crippen LogP contribution in [0.3, 0.4) is 0 Å². The lowest BCUT2D eigenvalue weighted by Crippen LogP contribution is -2.45. The Morgan fingerprint density at radius 3 is 1.91 bits per heavy atom. The molecule has 1 aromatic carbocycles. The monoisotopic (exact) mass is 338 g/mol. The number of ether oxygens (including phenoxy) is 1. The molecule has 1 aromatic rings. The van der Waals surface area contributed by atoms with Gasteiger partial charge in [0.2, 0.25) is 5.82 Å². The van der Waals surface area contributed by atoms with Gasteiger partial charge in [-0.2, -0.15) is 0 Å². The number of esters is 1. The van der Waals surface area contributed by atoms with Gasteiger partial charge in [-0.25, -0.2) is 22.0 Å². The summed E-state index contributed by atoms with van der Waals surface area (Å²) < 4.78 is 71.8. The number of hydrogen-bond acceptors (Lipinski definition) is 2. The molecule has 0 unspecified atom stereocenters. The molecule has 0 aliphatic heterocycles. The van der Waals surface area contributed by atoms with Crippen LogP contribution in [0.1, 0.15) is 13.3 Å². The van der Waals surface area contributed by atoms with Crippen LogP contribution in [0.5, 0.6) is 0 Å². The first-order valence-electron chi connectivity index (χ1n) is 6.42. The topological polar surface area (TPSA) is 26.3 Å². The molecule has 0 N–H and O–H groups in total. The first-order valence-corrected chi connectivity index (χ1v) is 9.50. The van der Waals surface area contributed by atoms with Gasteiger partial charge in [0.15, 0.2) is 23.3 Å². The van der Waals surface area contributed by atoms with Crippen LogP contribution in [0.15, 0.2) is 11.8 Å². The third kappa shape index (κ3) is 3.94. The SMILES string of the molecule is CC(=O)OCC/C=C\[Si](C)(C)c1c(F)c(F)c(F)c(F)c1F. The second kappa shape index (κ2) is 7.04. The lowest BCUT2D eigenvalue weighted by Gasteiger charge is -2.21. The van der Waals surface area contributed by atoms with Gasteiger partial charge in [0.05, 0.1) is 6.61 Å². The van der Waals surface area contributed by atoms with E-state index in [1.54, 1.807) is 0 Å². The summed E-state index contributed by atoms with van der Waals surface area (Å²) >= 11 is 0. The predicted molar refractivity (Wildman–Crippen MR) is 73.7 cm³/mol. The number of halogens is 5. The molecule has 0 aliphatic carbocycles. The molecule has 0 aromatic heterocycles. The number of rotatable bonds is 5. The molecule has 0 bridgehead atoms. The molecule has 0 fully saturated rings. The fourth-order valence-corrected chi connectivity index (χ4v) is 4.18. The number of benzene rings is 1. The summed E-state index contributed by atoms with van der Waals surface area (Å²) in [6.07, 6.45) is 1.79. The number of carbonyl (C=O) groups is 1. The minimum Gasteiger partial charge on any atom is -0.466 e. The van der Waals surface area contributed by atoms with E-state index in [9.17, 15) is 26.7 Å². The average Bonchev–Trinajstić information content (AvgIpc) is 2.42. The summed E-state index contributed by atoms with van der Waals surface area (Å²) in [5.74, 6) is -10.1. The maximum atomic E-state index is 13.8. The third-order valence-electron chi connectivity index (χ3n) is 2.98. The molecule has 2 nitrogen and oxygen atoms in total. The van der Waals surface area contributed by atoms with E-state index in [0.29, 0.717) is 0 Å². The van der Waals surface area contributed by atoms with E-state index >= 15 is 0 Å². The Morgan fingerprint density at radius 2 is 1.45 bits per heavy atom. The van der Waals surface area contributed by atoms with Crippen LogP contribution in [0.2, 0.25) is 13.1 Å². The van der Waals surface area contributed by atoms with Gasteiger partial charge in [-0.15, -0.1) is 0 Å². The van der Waals surface area contributed by atoms with Gasteiger partial charge in [-0.1, -0.05) is 24.9 Å². The first kappa shape index (κ1) is 18.3. The van der Waals surface area contributed by atoms with E-state index < -0.39 is 48.3 Å². The first-order chi connectivity index (χ1) is 10.1. The van der Waals surface area contributed by atoms with Crippen molar-refractivity contribution < 1.29 is 31.5 Å². The summed E-state index contributed by atoms with van der Waals surface area (Å²) in [5.41, 5.74) is 1.44. The van der Waals surface area contributed by atoms with Gasteiger partial charge in [0.1, 0.15) is 8.07 Å². The average molecular weight is 338 g/mol. The van der Waals surface area contributed by atoms with Crippen LogP contribution in [-0.2, 0) is 9.53 Å². The zero-order valence-electron chi connectivity index (χ0n) is 12.3. The highest BCUT2D eigenvalue weighted by Gasteiger charge is 2.34. The molecule has 0 spiro atoms. The molecule has 0 saturated heterocycles. The Bertz CT molecular complexity index is 585. The fraction of sp³-hybridized carbons (Fsp3) is 0.357. The second-order valence-corrected chi connectivity index (χ2v) is 9.47. The molecule has 22 heavy (non-hydrogen) atoms. The van der Waals surface area contributed by atoms with Crippen molar-refractivity contribution in [3.8, 4) is 0 Å². The van der Waals surface area contributed by atoms with E-state index in [-0.39, 0.29) is 13.0 Å². The molecule has 0 amide bonds. The standard InChI is InChI=1S/C14H15F5O2Si/c1-8(20)21-6-4-5-7-22(2,3)14-12(18)10(16)9(15)11(17)13(14)19/h5,7H,4,6H2,1-3H3/b7-5-. The van der Waals surface area contributed by atoms with Crippen LogP contribution < -0.4 is 5.19 Å². The molecule has 8 heteroatoms. The van der Waals surface area contributed by atoms with Gasteiger partial charge in [-0.3, -0.25) is 4.79 Å². The number of hydrogen-bond donors (Lipinski definition) is 0. The predicted octanol–water partition coefficient (Wildman–Crippen LogP) is 3.35. The maximum Gasteiger partial charge on any atom is 0.302 e. The highest BCUT2D eigenvalue weighted by atomic mass is 28.3. The Hall–Kier alpha value is -1.70. The normalized spacial score (nSPS) is 12.0. The summed E-state index contributed by atoms with van der Waals surface area (Å²) in [6.45, 7) is 4.21. The fourth-order valence-electron chi connectivity index (χ4n) is 1.90. The van der Waals surface area contributed by atoms with E-state index in [1.165, 1.54) is 31.8 Å². The van der Waals surface area contributed by atoms with Crippen LogP contribution >= 0.6 is 0 Å². The Morgan fingerprint density at radius 1 is 1.00 bits per heavy atom. The van der Waals surface area contributed by atoms with Crippen LogP contribution in [0.4, 0.5) is 22.0 Å². The van der Waals surface area contributed by atoms with Crippen molar-refractivity contribution in [2.24, 2.45) is 0 Å². The zero-order valence-corrected chi connectivity index (χ0v) is 13.3. The molecule has 122 valence electrons. The van der Waals surface area contributed by atoms with Crippen molar-refractivity contribution in [2.75, 3.05) is 6.61 Å². The van der Waals surface area contributed by atoms with Gasteiger partial charge in [0, 0.05) is 12.1 Å². The zero-order chi connectivity index (χ0) is 17.1. The Balaban J connectivity index is 3.08. The van der Waals surface area contributed by atoms with Crippen molar-refractivity contribution in [3.63, 3.8) is 0 Å². The van der Waals surface area contributed by atoms with E-state index in [1.807, 2.05) is 0 Å². The highest BCUT2D eigenvalue weighted by molar-refractivity contribution is 6.94. The van der Waals surface area contributed by atoms with Gasteiger partial charge in [-0.05, 0) is 6.42 Å². The third-order valence-corrected chi connectivity index (χ3v) is 5.78. The minimum atomic E-state index is -3.05. The molecular weight excluding hydrogens is 323 g/mol. The second-order valence-electron chi connectivity index (χ2n) is 5.20. The highest BCUT2D eigenvalue weighted by Crippen LogP contribution is 2.20. The lowest BCUT2D eigenvalue weighted by molar-refractivity contribution is -0.140. The van der Waals surface area contributed by atoms with Crippen molar-refractivity contribution in [2.45, 2.75) is 26.4 Å². The minimum absolute atomic E-state index is 0.0768. The molecule has 0 atom stereocenters. The molecule has 0 heterocycles. The van der Waals surface area contributed by atoms with E-state index in [0.717, 1.165) is 0 Å². The molecule has 0 radical (unpaired) electrons. The lowest BCUT2D eigenvalue weighted by atomic mass is 10.3. The molecule has 0 aliphatic rings. The molecule has 0 saturated carbocycles. The van der Waals surface area contributed by atoms with Crippen molar-refractivity contribution in [1.29, 1.82) is 0 Å². The Labute approximate surface area is 125 Å². The van der Waals surface area contributed by atoms with E-state index in [4.69, 9.17) is 0 Å². The summed E-state index contributed by atoms with van der Waals surface area (Å²) in [4.78, 5) is 10.6. The van der Waals surface area contributed by atoms with Crippen molar-refractivity contribution in [1.82, 2.24) is 0 Å². The largest absolute Gasteiger partial charge is 0.466 e. The molecular formula is C14H15F5O2Si. The van der Waals surface area contributed by atoms with Crippen molar-refractivity contribution >= 4 is 19.2 Å². The summed E-state index contributed by atoms with van der Waals surface area (Å²) in [6, 6.07) is 0. The summed E-state index contributed by atoms with van der Waals surface area (Å²) in [5, 5.41) is -0.771. The quantitative estimate of drug-likeness (QED) is 0.206. The van der Waals surface area contributed by atoms with E-state index in [2.05, 4.69) is 4.74 Å². The van der Waals surface area contributed by atoms with Crippen LogP contribution in [-0.4, -0.2) is 20.7 Å². The molecule has 1 rings (SSSR count). The van der Waals surface area contributed by atoms with Gasteiger partial charge < -0.3 is 4.74 Å². The number of carbonyl (C=O) groups excluding carboxylic acids is 1. The smallest absolute Gasteiger partial charge is 0.302 e. The van der Waals surface area contributed by atoms with Crippen molar-refractivity contribution in [3.05, 3.63) is 40.9 Å². The van der Waals surface area contributed by atoms with Gasteiger partial charge >= 0.3 is 5.97 Å². The Kier molecular flexibility index (Phi) is 5.87.